The lowest BCUT2D eigenvalue weighted by Crippen LogP contribution is -2.52. The fourth-order valence-electron chi connectivity index (χ4n) is 5.69. The van der Waals surface area contributed by atoms with Gasteiger partial charge in [0.1, 0.15) is 23.3 Å². The first kappa shape index (κ1) is 26.5. The molecule has 2 unspecified atom stereocenters. The number of ether oxygens (including phenoxy) is 3. The van der Waals surface area contributed by atoms with Crippen LogP contribution in [0.1, 0.15) is 28.5 Å². The van der Waals surface area contributed by atoms with Crippen LogP contribution in [0.25, 0.3) is 11.1 Å². The minimum Gasteiger partial charge on any atom is -0.496 e. The van der Waals surface area contributed by atoms with E-state index in [1.54, 1.807) is 66.7 Å². The molecule has 4 aromatic carbocycles. The number of carbonyl (C=O) groups is 2. The highest BCUT2D eigenvalue weighted by Crippen LogP contribution is 2.60. The van der Waals surface area contributed by atoms with Crippen LogP contribution in [0.15, 0.2) is 97.1 Å². The Morgan fingerprint density at radius 2 is 1.25 bits per heavy atom. The molecular formula is C33H27NO6. The average Bonchev–Trinajstić information content (AvgIpc) is 2.97. The summed E-state index contributed by atoms with van der Waals surface area (Å²) in [5.41, 5.74) is 3.08. The summed E-state index contributed by atoms with van der Waals surface area (Å²) in [6.45, 7) is 0. The van der Waals surface area contributed by atoms with Gasteiger partial charge in [0.05, 0.1) is 31.6 Å². The number of nitriles is 1. The molecule has 0 heterocycles. The van der Waals surface area contributed by atoms with Crippen LogP contribution in [0, 0.1) is 23.2 Å². The molecule has 0 amide bonds. The first-order valence-electron chi connectivity index (χ1n) is 12.8. The van der Waals surface area contributed by atoms with E-state index in [2.05, 4.69) is 6.07 Å². The van der Waals surface area contributed by atoms with Crippen molar-refractivity contribution in [1.82, 2.24) is 0 Å². The lowest BCUT2D eigenvalue weighted by molar-refractivity contribution is -0.158. The van der Waals surface area contributed by atoms with Crippen LogP contribution >= 0.6 is 0 Å². The zero-order valence-corrected chi connectivity index (χ0v) is 22.0. The number of carboxylic acids is 1. The number of carboxylic acid groups (broad SMARTS) is 1. The van der Waals surface area contributed by atoms with Crippen molar-refractivity contribution in [3.05, 3.63) is 114 Å². The summed E-state index contributed by atoms with van der Waals surface area (Å²) in [6.07, 6.45) is 0. The van der Waals surface area contributed by atoms with Crippen molar-refractivity contribution in [2.45, 2.75) is 11.8 Å². The van der Waals surface area contributed by atoms with Crippen molar-refractivity contribution in [3.63, 3.8) is 0 Å². The van der Waals surface area contributed by atoms with Crippen molar-refractivity contribution in [3.8, 4) is 34.4 Å². The van der Waals surface area contributed by atoms with Gasteiger partial charge >= 0.3 is 11.9 Å². The minimum atomic E-state index is -1.04. The lowest BCUT2D eigenvalue weighted by atomic mass is 9.52. The minimum absolute atomic E-state index is 0.116. The summed E-state index contributed by atoms with van der Waals surface area (Å²) in [5, 5.41) is 20.1. The monoisotopic (exact) mass is 533 g/mol. The van der Waals surface area contributed by atoms with Gasteiger partial charge in [0, 0.05) is 11.8 Å². The van der Waals surface area contributed by atoms with Crippen molar-refractivity contribution in [2.24, 2.45) is 11.8 Å². The normalized spacial score (nSPS) is 19.5. The van der Waals surface area contributed by atoms with Crippen molar-refractivity contribution >= 4 is 11.9 Å². The Labute approximate surface area is 232 Å². The molecule has 5 rings (SSSR count). The number of hydrogen-bond donors (Lipinski definition) is 1. The van der Waals surface area contributed by atoms with Crippen molar-refractivity contribution < 1.29 is 28.9 Å². The van der Waals surface area contributed by atoms with E-state index in [1.807, 2.05) is 30.3 Å². The lowest BCUT2D eigenvalue weighted by Gasteiger charge is -2.49. The van der Waals surface area contributed by atoms with Crippen LogP contribution in [0.5, 0.6) is 17.2 Å². The van der Waals surface area contributed by atoms with Gasteiger partial charge in [-0.15, -0.1) is 0 Å². The van der Waals surface area contributed by atoms with Crippen LogP contribution < -0.4 is 14.2 Å². The molecule has 0 saturated heterocycles. The number of methoxy groups -OCH3 is 2. The van der Waals surface area contributed by atoms with Crippen LogP contribution in [0.2, 0.25) is 0 Å². The molecule has 1 aliphatic carbocycles. The molecule has 0 aliphatic heterocycles. The highest BCUT2D eigenvalue weighted by molar-refractivity contribution is 5.87. The SMILES string of the molecule is COc1ccccc1C1C(C(=O)Oc2cc(-c3ccccc3)ccc2C#N)[C@H](c2ccccc2OC)[C@H]1C(=O)O. The Morgan fingerprint density at radius 3 is 1.77 bits per heavy atom. The first-order valence-corrected chi connectivity index (χ1v) is 12.8. The van der Waals surface area contributed by atoms with Crippen LogP contribution in [-0.2, 0) is 9.59 Å². The molecule has 1 fully saturated rings. The molecular weight excluding hydrogens is 506 g/mol. The van der Waals surface area contributed by atoms with Gasteiger partial charge in [-0.1, -0.05) is 72.8 Å². The van der Waals surface area contributed by atoms with E-state index >= 15 is 0 Å². The van der Waals surface area contributed by atoms with E-state index in [-0.39, 0.29) is 11.3 Å². The van der Waals surface area contributed by atoms with Gasteiger partial charge in [-0.2, -0.15) is 5.26 Å². The zero-order chi connectivity index (χ0) is 28.2. The summed E-state index contributed by atoms with van der Waals surface area (Å²) < 4.78 is 17.0. The molecule has 7 heteroatoms. The number of esters is 1. The van der Waals surface area contributed by atoms with Gasteiger partial charge in [-0.05, 0) is 46.5 Å². The third-order valence-corrected chi connectivity index (χ3v) is 7.52. The summed E-state index contributed by atoms with van der Waals surface area (Å²) >= 11 is 0. The molecule has 40 heavy (non-hydrogen) atoms. The Morgan fingerprint density at radius 1 is 0.700 bits per heavy atom. The fourth-order valence-corrected chi connectivity index (χ4v) is 5.69. The molecule has 4 atom stereocenters. The maximum Gasteiger partial charge on any atom is 0.315 e. The number of rotatable bonds is 8. The van der Waals surface area contributed by atoms with Gasteiger partial charge in [0.2, 0.25) is 0 Å². The largest absolute Gasteiger partial charge is 0.496 e. The Bertz CT molecular complexity index is 1540. The van der Waals surface area contributed by atoms with Crippen molar-refractivity contribution in [2.75, 3.05) is 14.2 Å². The third-order valence-electron chi connectivity index (χ3n) is 7.52. The number of hydrogen-bond acceptors (Lipinski definition) is 6. The molecule has 0 radical (unpaired) electrons. The van der Waals surface area contributed by atoms with E-state index < -0.39 is 35.6 Å². The Balaban J connectivity index is 1.60. The fraction of sp³-hybridized carbons (Fsp3) is 0.182. The van der Waals surface area contributed by atoms with Gasteiger partial charge < -0.3 is 19.3 Å². The van der Waals surface area contributed by atoms with Gasteiger partial charge in [-0.3, -0.25) is 9.59 Å². The second-order valence-electron chi connectivity index (χ2n) is 9.54. The number of para-hydroxylation sites is 2. The quantitative estimate of drug-likeness (QED) is 0.217. The standard InChI is InChI=1S/C33H27NO6/c1-38-25-14-8-6-12-23(25)28-30(32(35)36)29(24-13-7-9-15-26(24)39-2)31(28)33(37)40-27-18-21(16-17-22(27)19-34)20-10-4-3-5-11-20/h3-18,28-31H,1-2H3,(H,35,36)/t28-,29?,30-,31?/m1/s1. The van der Waals surface area contributed by atoms with Gasteiger partial charge in [-0.25, -0.2) is 0 Å². The third kappa shape index (κ3) is 4.76. The van der Waals surface area contributed by atoms with E-state index in [0.717, 1.165) is 11.1 Å². The smallest absolute Gasteiger partial charge is 0.315 e. The highest BCUT2D eigenvalue weighted by Gasteiger charge is 2.60. The predicted octanol–water partition coefficient (Wildman–Crippen LogP) is 6.05. The first-order chi connectivity index (χ1) is 19.5. The maximum atomic E-state index is 14.0. The molecule has 4 aromatic rings. The van der Waals surface area contributed by atoms with E-state index in [9.17, 15) is 20.0 Å². The Hall–Kier alpha value is -5.09. The molecule has 0 spiro atoms. The van der Waals surface area contributed by atoms with Crippen LogP contribution in [-0.4, -0.2) is 31.3 Å². The summed E-state index contributed by atoms with van der Waals surface area (Å²) in [7, 11) is 3.01. The number of benzene rings is 4. The van der Waals surface area contributed by atoms with E-state index in [1.165, 1.54) is 14.2 Å². The van der Waals surface area contributed by atoms with E-state index in [0.29, 0.717) is 22.6 Å². The second-order valence-corrected chi connectivity index (χ2v) is 9.54. The number of carbonyl (C=O) groups excluding carboxylic acids is 1. The maximum absolute atomic E-state index is 14.0. The number of nitrogens with zero attached hydrogens (tertiary/aromatic N) is 1. The molecule has 1 aliphatic rings. The second kappa shape index (κ2) is 11.3. The van der Waals surface area contributed by atoms with Crippen molar-refractivity contribution in [1.29, 1.82) is 5.26 Å². The summed E-state index contributed by atoms with van der Waals surface area (Å²) in [6, 6.07) is 30.9. The predicted molar refractivity (Wildman–Crippen MR) is 148 cm³/mol. The molecule has 1 N–H and O–H groups in total. The zero-order valence-electron chi connectivity index (χ0n) is 22.0. The molecule has 0 aromatic heterocycles. The van der Waals surface area contributed by atoms with Crippen LogP contribution in [0.3, 0.4) is 0 Å². The number of aliphatic carboxylic acids is 1. The van der Waals surface area contributed by atoms with Gasteiger partial charge in [0.25, 0.3) is 0 Å². The van der Waals surface area contributed by atoms with Crippen LogP contribution in [0.4, 0.5) is 0 Å². The highest BCUT2D eigenvalue weighted by atomic mass is 16.5. The topological polar surface area (TPSA) is 106 Å². The average molecular weight is 534 g/mol. The molecule has 7 nitrogen and oxygen atoms in total. The molecule has 1 saturated carbocycles. The van der Waals surface area contributed by atoms with E-state index in [4.69, 9.17) is 14.2 Å². The summed E-state index contributed by atoms with van der Waals surface area (Å²) in [5.74, 6) is -3.90. The van der Waals surface area contributed by atoms with Gasteiger partial charge in [0.15, 0.2) is 0 Å². The molecule has 200 valence electrons. The Kier molecular flexibility index (Phi) is 7.52. The summed E-state index contributed by atoms with van der Waals surface area (Å²) in [4.78, 5) is 26.7. The molecule has 0 bridgehead atoms.